The Labute approximate surface area is 143 Å². The first-order valence-electron chi connectivity index (χ1n) is 7.32. The van der Waals surface area contributed by atoms with Crippen LogP contribution in [0.1, 0.15) is 16.8 Å². The summed E-state index contributed by atoms with van der Waals surface area (Å²) in [6.07, 6.45) is 0.619. The van der Waals surface area contributed by atoms with E-state index >= 15 is 0 Å². The van der Waals surface area contributed by atoms with Gasteiger partial charge in [-0.2, -0.15) is 0 Å². The van der Waals surface area contributed by atoms with Crippen molar-refractivity contribution in [2.45, 2.75) is 11.3 Å². The van der Waals surface area contributed by atoms with Crippen molar-refractivity contribution in [2.24, 2.45) is 0 Å². The zero-order valence-electron chi connectivity index (χ0n) is 12.9. The second kappa shape index (κ2) is 6.60. The minimum atomic E-state index is -4.10. The molecule has 1 aliphatic rings. The highest BCUT2D eigenvalue weighted by Crippen LogP contribution is 2.36. The van der Waals surface area contributed by atoms with Crippen molar-refractivity contribution in [2.75, 3.05) is 17.9 Å². The molecule has 9 heteroatoms. The maximum Gasteiger partial charge on any atom is 0.337 e. The Hall–Kier alpha value is -2.81. The summed E-state index contributed by atoms with van der Waals surface area (Å²) in [5.41, 5.74) is -0.448. The topological polar surface area (TPSA) is 102 Å². The van der Waals surface area contributed by atoms with Gasteiger partial charge in [-0.15, -0.1) is 0 Å². The van der Waals surface area contributed by atoms with Gasteiger partial charge in [-0.25, -0.2) is 17.6 Å². The maximum atomic E-state index is 13.0. The van der Waals surface area contributed by atoms with Crippen molar-refractivity contribution in [1.82, 2.24) is 0 Å². The second-order valence-corrected chi connectivity index (χ2v) is 6.94. The monoisotopic (exact) mass is 367 g/mol. The van der Waals surface area contributed by atoms with Crippen LogP contribution in [0, 0.1) is 5.82 Å². The molecule has 2 N–H and O–H groups in total. The summed E-state index contributed by atoms with van der Waals surface area (Å²) in [6, 6.07) is 6.65. The third kappa shape index (κ3) is 3.66. The molecule has 0 aliphatic carbocycles. The summed E-state index contributed by atoms with van der Waals surface area (Å²) in [7, 11) is -4.10. The predicted molar refractivity (Wildman–Crippen MR) is 86.2 cm³/mol. The number of carboxylic acids is 1. The Morgan fingerprint density at radius 2 is 1.68 bits per heavy atom. The fourth-order valence-electron chi connectivity index (χ4n) is 2.29. The van der Waals surface area contributed by atoms with Crippen molar-refractivity contribution in [3.05, 3.63) is 47.8 Å². The van der Waals surface area contributed by atoms with Crippen LogP contribution in [0.15, 0.2) is 41.3 Å². The molecule has 25 heavy (non-hydrogen) atoms. The van der Waals surface area contributed by atoms with Gasteiger partial charge < -0.3 is 14.6 Å². The van der Waals surface area contributed by atoms with Gasteiger partial charge in [-0.05, 0) is 24.3 Å². The number of nitrogens with one attached hydrogen (secondary N) is 1. The fourth-order valence-corrected chi connectivity index (χ4v) is 3.36. The van der Waals surface area contributed by atoms with Crippen molar-refractivity contribution < 1.29 is 32.2 Å². The maximum absolute atomic E-state index is 13.0. The van der Waals surface area contributed by atoms with E-state index in [1.165, 1.54) is 12.1 Å². The van der Waals surface area contributed by atoms with Gasteiger partial charge in [-0.3, -0.25) is 4.72 Å². The van der Waals surface area contributed by atoms with Gasteiger partial charge in [0.25, 0.3) is 10.0 Å². The zero-order valence-corrected chi connectivity index (χ0v) is 13.7. The lowest BCUT2D eigenvalue weighted by Gasteiger charge is -2.14. The van der Waals surface area contributed by atoms with E-state index in [2.05, 4.69) is 4.72 Å². The molecule has 1 aliphatic heterocycles. The quantitative estimate of drug-likeness (QED) is 0.861. The minimum Gasteiger partial charge on any atom is -0.490 e. The van der Waals surface area contributed by atoms with Gasteiger partial charge in [0.05, 0.1) is 29.4 Å². The van der Waals surface area contributed by atoms with Gasteiger partial charge in [0.1, 0.15) is 5.82 Å². The van der Waals surface area contributed by atoms with E-state index in [1.807, 2.05) is 0 Å². The normalized spacial score (nSPS) is 13.8. The van der Waals surface area contributed by atoms with E-state index in [4.69, 9.17) is 9.47 Å². The van der Waals surface area contributed by atoms with E-state index in [0.717, 1.165) is 24.3 Å². The molecule has 0 aromatic heterocycles. The number of ether oxygens (including phenoxy) is 2. The summed E-state index contributed by atoms with van der Waals surface area (Å²) in [5, 5.41) is 9.36. The SMILES string of the molecule is O=C(O)c1cc2c(cc1NS(=O)(=O)c1ccc(F)cc1)OCCCO2. The van der Waals surface area contributed by atoms with Crippen LogP contribution < -0.4 is 14.2 Å². The number of halogens is 1. The van der Waals surface area contributed by atoms with E-state index in [0.29, 0.717) is 19.6 Å². The Morgan fingerprint density at radius 3 is 2.28 bits per heavy atom. The van der Waals surface area contributed by atoms with Gasteiger partial charge in [0.2, 0.25) is 0 Å². The number of benzene rings is 2. The van der Waals surface area contributed by atoms with Gasteiger partial charge in [0, 0.05) is 18.6 Å². The largest absolute Gasteiger partial charge is 0.490 e. The van der Waals surface area contributed by atoms with Gasteiger partial charge in [0.15, 0.2) is 11.5 Å². The molecule has 7 nitrogen and oxygen atoms in total. The molecular weight excluding hydrogens is 353 g/mol. The van der Waals surface area contributed by atoms with Crippen molar-refractivity contribution >= 4 is 21.7 Å². The lowest BCUT2D eigenvalue weighted by Crippen LogP contribution is -2.16. The van der Waals surface area contributed by atoms with E-state index < -0.39 is 21.8 Å². The second-order valence-electron chi connectivity index (χ2n) is 5.26. The summed E-state index contributed by atoms with van der Waals surface area (Å²) in [5.74, 6) is -1.42. The summed E-state index contributed by atoms with van der Waals surface area (Å²) < 4.78 is 50.9. The number of anilines is 1. The molecule has 0 saturated heterocycles. The van der Waals surface area contributed by atoms with Crippen LogP contribution in [0.25, 0.3) is 0 Å². The van der Waals surface area contributed by atoms with Crippen LogP contribution in [-0.4, -0.2) is 32.7 Å². The smallest absolute Gasteiger partial charge is 0.337 e. The highest BCUT2D eigenvalue weighted by molar-refractivity contribution is 7.92. The summed E-state index contributed by atoms with van der Waals surface area (Å²) in [4.78, 5) is 11.3. The third-order valence-electron chi connectivity index (χ3n) is 3.49. The third-order valence-corrected chi connectivity index (χ3v) is 4.87. The molecule has 2 aromatic rings. The number of sulfonamides is 1. The molecule has 0 spiro atoms. The van der Waals surface area contributed by atoms with Crippen LogP contribution in [0.5, 0.6) is 11.5 Å². The zero-order chi connectivity index (χ0) is 18.0. The first-order chi connectivity index (χ1) is 11.9. The molecule has 132 valence electrons. The molecule has 2 aromatic carbocycles. The number of hydrogen-bond donors (Lipinski definition) is 2. The predicted octanol–water partition coefficient (Wildman–Crippen LogP) is 2.49. The Morgan fingerprint density at radius 1 is 1.08 bits per heavy atom. The number of fused-ring (bicyclic) bond motifs is 1. The average Bonchev–Trinajstić information content (AvgIpc) is 2.78. The van der Waals surface area contributed by atoms with E-state index in [9.17, 15) is 22.7 Å². The summed E-state index contributed by atoms with van der Waals surface area (Å²) in [6.45, 7) is 0.732. The molecule has 0 saturated carbocycles. The molecule has 3 rings (SSSR count). The van der Waals surface area contributed by atoms with Crippen LogP contribution in [0.3, 0.4) is 0 Å². The Balaban J connectivity index is 2.02. The molecule has 0 amide bonds. The number of aromatic carboxylic acids is 1. The van der Waals surface area contributed by atoms with Crippen LogP contribution >= 0.6 is 0 Å². The van der Waals surface area contributed by atoms with Crippen molar-refractivity contribution in [3.63, 3.8) is 0 Å². The molecule has 0 unspecified atom stereocenters. The van der Waals surface area contributed by atoms with Gasteiger partial charge >= 0.3 is 5.97 Å². The minimum absolute atomic E-state index is 0.166. The Bertz CT molecular complexity index is 911. The lowest BCUT2D eigenvalue weighted by atomic mass is 10.1. The van der Waals surface area contributed by atoms with Gasteiger partial charge in [-0.1, -0.05) is 0 Å². The Kier molecular flexibility index (Phi) is 4.49. The van der Waals surface area contributed by atoms with Crippen LogP contribution in [-0.2, 0) is 10.0 Å². The van der Waals surface area contributed by atoms with Crippen molar-refractivity contribution in [3.8, 4) is 11.5 Å². The van der Waals surface area contributed by atoms with E-state index in [-0.39, 0.29) is 27.6 Å². The lowest BCUT2D eigenvalue weighted by molar-refractivity contribution is 0.0697. The standard InChI is InChI=1S/C16H14FNO6S/c17-10-2-4-11(5-3-10)25(21,22)18-13-9-15-14(8-12(13)16(19)20)23-6-1-7-24-15/h2-5,8-9,18H,1,6-7H2,(H,19,20). The highest BCUT2D eigenvalue weighted by atomic mass is 32.2. The van der Waals surface area contributed by atoms with Crippen molar-refractivity contribution in [1.29, 1.82) is 0 Å². The number of carboxylic acid groups (broad SMARTS) is 1. The molecule has 0 bridgehead atoms. The molecule has 1 heterocycles. The summed E-state index contributed by atoms with van der Waals surface area (Å²) >= 11 is 0. The fraction of sp³-hybridized carbons (Fsp3) is 0.188. The molecular formula is C16H14FNO6S. The van der Waals surface area contributed by atoms with Crippen LogP contribution in [0.2, 0.25) is 0 Å². The number of hydrogen-bond acceptors (Lipinski definition) is 5. The first kappa shape index (κ1) is 17.0. The molecule has 0 fully saturated rings. The molecule has 0 radical (unpaired) electrons. The number of rotatable bonds is 4. The average molecular weight is 367 g/mol. The van der Waals surface area contributed by atoms with Crippen LogP contribution in [0.4, 0.5) is 10.1 Å². The molecule has 0 atom stereocenters. The van der Waals surface area contributed by atoms with E-state index in [1.54, 1.807) is 0 Å². The highest BCUT2D eigenvalue weighted by Gasteiger charge is 2.23. The number of carbonyl (C=O) groups is 1. The first-order valence-corrected chi connectivity index (χ1v) is 8.80.